The van der Waals surface area contributed by atoms with E-state index in [1.807, 2.05) is 44.2 Å². The van der Waals surface area contributed by atoms with Crippen LogP contribution in [0.3, 0.4) is 0 Å². The van der Waals surface area contributed by atoms with Crippen LogP contribution in [0.15, 0.2) is 54.9 Å². The van der Waals surface area contributed by atoms with Crippen molar-refractivity contribution in [3.63, 3.8) is 0 Å². The first-order valence-electron chi connectivity index (χ1n) is 12.9. The molecule has 2 aromatic rings. The molecule has 0 radical (unpaired) electrons. The van der Waals surface area contributed by atoms with Crippen molar-refractivity contribution in [1.82, 2.24) is 20.8 Å². The molecule has 1 amide bonds. The molecule has 3 rings (SSSR count). The number of carbonyl (C=O) groups excluding carboxylic acids is 1. The van der Waals surface area contributed by atoms with Gasteiger partial charge in [-0.3, -0.25) is 15.0 Å². The van der Waals surface area contributed by atoms with E-state index in [1.54, 1.807) is 30.0 Å². The number of rotatable bonds is 9. The van der Waals surface area contributed by atoms with Gasteiger partial charge < -0.3 is 5.32 Å². The van der Waals surface area contributed by atoms with Gasteiger partial charge in [-0.1, -0.05) is 69.9 Å². The fraction of sp³-hybridized carbons (Fsp3) is 0.483. The summed E-state index contributed by atoms with van der Waals surface area (Å²) in [4.78, 5) is 20.5. The molecule has 0 saturated carbocycles. The van der Waals surface area contributed by atoms with Crippen LogP contribution in [0.25, 0.3) is 16.5 Å². The quantitative estimate of drug-likeness (QED) is 0.218. The number of hydrogen-bond donors (Lipinski definition) is 3. The maximum absolute atomic E-state index is 11.9. The molecule has 6 nitrogen and oxygen atoms in total. The molecule has 0 unspecified atom stereocenters. The number of aromatic nitrogens is 2. The van der Waals surface area contributed by atoms with Crippen LogP contribution in [0.2, 0.25) is 0 Å². The molecule has 1 fully saturated rings. The molecule has 0 aliphatic carbocycles. The number of piperidine rings is 1. The number of nitrogens with one attached hydrogen (secondary N) is 2. The molecule has 1 aliphatic rings. The minimum Gasteiger partial charge on any atom is -0.317 e. The maximum Gasteiger partial charge on any atom is 0.275 e. The lowest BCUT2D eigenvalue weighted by molar-refractivity contribution is 0.0708. The number of nitrogens with zero attached hydrogens (tertiary/aromatic N) is 2. The molecule has 3 N–H and O–H groups in total. The molecule has 1 aliphatic heterocycles. The molecular formula is C29H42N4O2. The van der Waals surface area contributed by atoms with Gasteiger partial charge in [0, 0.05) is 17.8 Å². The fourth-order valence-electron chi connectivity index (χ4n) is 4.74. The summed E-state index contributed by atoms with van der Waals surface area (Å²) in [6.45, 7) is 11.0. The summed E-state index contributed by atoms with van der Waals surface area (Å²) >= 11 is 0. The second-order valence-electron chi connectivity index (χ2n) is 8.96. The second kappa shape index (κ2) is 16.0. The highest BCUT2D eigenvalue weighted by Gasteiger charge is 2.21. The van der Waals surface area contributed by atoms with Gasteiger partial charge in [0.2, 0.25) is 0 Å². The Balaban J connectivity index is 0.000000283. The zero-order valence-electron chi connectivity index (χ0n) is 21.8. The van der Waals surface area contributed by atoms with E-state index in [4.69, 9.17) is 5.21 Å². The van der Waals surface area contributed by atoms with Gasteiger partial charge in [0.15, 0.2) is 0 Å². The lowest BCUT2D eigenvalue weighted by Gasteiger charge is -2.30. The van der Waals surface area contributed by atoms with Gasteiger partial charge in [-0.2, -0.15) is 0 Å². The molecule has 3 heterocycles. The summed E-state index contributed by atoms with van der Waals surface area (Å²) in [6.07, 6.45) is 21.2. The molecule has 1 saturated heterocycles. The molecule has 6 heteroatoms. The van der Waals surface area contributed by atoms with Gasteiger partial charge in [-0.25, -0.2) is 10.5 Å². The highest BCUT2D eigenvalue weighted by Crippen LogP contribution is 2.29. The zero-order chi connectivity index (χ0) is 25.5. The number of amides is 1. The van der Waals surface area contributed by atoms with E-state index in [9.17, 15) is 4.79 Å². The Morgan fingerprint density at radius 2 is 1.91 bits per heavy atom. The van der Waals surface area contributed by atoms with E-state index < -0.39 is 5.91 Å². The summed E-state index contributed by atoms with van der Waals surface area (Å²) in [5, 5.41) is 13.0. The largest absolute Gasteiger partial charge is 0.317 e. The Kier molecular flexibility index (Phi) is 12.9. The molecule has 2 aromatic heterocycles. The Morgan fingerprint density at radius 1 is 1.20 bits per heavy atom. The predicted octanol–water partition coefficient (Wildman–Crippen LogP) is 6.49. The third-order valence-corrected chi connectivity index (χ3v) is 6.44. The van der Waals surface area contributed by atoms with Crippen molar-refractivity contribution < 1.29 is 10.0 Å². The summed E-state index contributed by atoms with van der Waals surface area (Å²) in [5.41, 5.74) is 4.15. The summed E-state index contributed by atoms with van der Waals surface area (Å²) in [7, 11) is 0. The van der Waals surface area contributed by atoms with Crippen molar-refractivity contribution in [3.8, 4) is 0 Å². The highest BCUT2D eigenvalue weighted by atomic mass is 16.5. The number of hydroxylamine groups is 1. The van der Waals surface area contributed by atoms with Gasteiger partial charge in [0.25, 0.3) is 5.91 Å². The maximum atomic E-state index is 11.9. The zero-order valence-corrected chi connectivity index (χ0v) is 21.8. The Morgan fingerprint density at radius 3 is 2.51 bits per heavy atom. The van der Waals surface area contributed by atoms with Crippen LogP contribution in [0, 0.1) is 11.8 Å². The fourth-order valence-corrected chi connectivity index (χ4v) is 4.74. The molecule has 35 heavy (non-hydrogen) atoms. The lowest BCUT2D eigenvalue weighted by atomic mass is 9.80. The molecule has 0 aromatic carbocycles. The van der Waals surface area contributed by atoms with Crippen LogP contribution in [0.5, 0.6) is 0 Å². The molecular weight excluding hydrogens is 436 g/mol. The summed E-state index contributed by atoms with van der Waals surface area (Å²) in [6, 6.07) is 3.38. The Hall–Kier alpha value is -2.83. The first-order valence-corrected chi connectivity index (χ1v) is 12.9. The molecule has 0 atom stereocenters. The average Bonchev–Trinajstić information content (AvgIpc) is 2.90. The van der Waals surface area contributed by atoms with E-state index in [-0.39, 0.29) is 0 Å². The van der Waals surface area contributed by atoms with Crippen LogP contribution in [0.1, 0.15) is 82.3 Å². The lowest BCUT2D eigenvalue weighted by Crippen LogP contribution is -2.31. The molecule has 0 spiro atoms. The predicted molar refractivity (Wildman–Crippen MR) is 145 cm³/mol. The number of allylic oxidation sites excluding steroid dienone is 6. The molecule has 190 valence electrons. The standard InChI is InChI=1S/C17H17N3O2.C12H25N/c1-3-5-7-12(6-4-2)16-10-13(17(21)20-22)14-11-18-9-8-15(14)19-16;1-3-5-11(6-4-2)12-7-9-13-10-8-12/h3-11,22H,1-2H3,(H,20,21);11-13H,3-10H2,1-2H3/b5-3+,6-4-,12-7+;. The Labute approximate surface area is 210 Å². The van der Waals surface area contributed by atoms with Crippen LogP contribution in [0.4, 0.5) is 0 Å². The van der Waals surface area contributed by atoms with Crippen LogP contribution < -0.4 is 10.8 Å². The van der Waals surface area contributed by atoms with Gasteiger partial charge in [0.05, 0.1) is 16.8 Å². The van der Waals surface area contributed by atoms with Crippen molar-refractivity contribution in [2.75, 3.05) is 13.1 Å². The van der Waals surface area contributed by atoms with Gasteiger partial charge in [-0.15, -0.1) is 0 Å². The van der Waals surface area contributed by atoms with E-state index in [2.05, 4.69) is 29.1 Å². The summed E-state index contributed by atoms with van der Waals surface area (Å²) in [5.74, 6) is 1.46. The monoisotopic (exact) mass is 478 g/mol. The van der Waals surface area contributed by atoms with Crippen LogP contribution in [-0.2, 0) is 0 Å². The minimum absolute atomic E-state index is 0.325. The third kappa shape index (κ3) is 8.71. The number of carbonyl (C=O) groups is 1. The van der Waals surface area contributed by atoms with Crippen molar-refractivity contribution in [3.05, 3.63) is 66.2 Å². The number of hydrogen-bond acceptors (Lipinski definition) is 5. The highest BCUT2D eigenvalue weighted by molar-refractivity contribution is 6.06. The van der Waals surface area contributed by atoms with Crippen molar-refractivity contribution in [2.24, 2.45) is 11.8 Å². The minimum atomic E-state index is -0.590. The number of fused-ring (bicyclic) bond motifs is 1. The van der Waals surface area contributed by atoms with E-state index in [0.717, 1.165) is 17.4 Å². The number of pyridine rings is 2. The first kappa shape index (κ1) is 28.4. The van der Waals surface area contributed by atoms with Gasteiger partial charge in [-0.05, 0) is 69.3 Å². The third-order valence-electron chi connectivity index (χ3n) is 6.44. The average molecular weight is 479 g/mol. The Bertz CT molecular complexity index is 1000. The smallest absolute Gasteiger partial charge is 0.275 e. The van der Waals surface area contributed by atoms with Crippen molar-refractivity contribution in [1.29, 1.82) is 0 Å². The topological polar surface area (TPSA) is 87.1 Å². The van der Waals surface area contributed by atoms with E-state index in [0.29, 0.717) is 22.2 Å². The van der Waals surface area contributed by atoms with Gasteiger partial charge >= 0.3 is 0 Å². The van der Waals surface area contributed by atoms with Gasteiger partial charge in [0.1, 0.15) is 0 Å². The summed E-state index contributed by atoms with van der Waals surface area (Å²) < 4.78 is 0. The first-order chi connectivity index (χ1) is 17.1. The van der Waals surface area contributed by atoms with E-state index >= 15 is 0 Å². The van der Waals surface area contributed by atoms with Crippen molar-refractivity contribution >= 4 is 22.4 Å². The second-order valence-corrected chi connectivity index (χ2v) is 8.96. The van der Waals surface area contributed by atoms with Crippen LogP contribution in [-0.4, -0.2) is 34.2 Å². The van der Waals surface area contributed by atoms with Crippen molar-refractivity contribution in [2.45, 2.75) is 66.2 Å². The van der Waals surface area contributed by atoms with E-state index in [1.165, 1.54) is 51.6 Å². The molecule has 0 bridgehead atoms. The normalized spacial score (nSPS) is 15.1. The van der Waals surface area contributed by atoms with Crippen LogP contribution >= 0.6 is 0 Å². The SMILES string of the molecule is CCCC(CCC)C1CCNCC1.C\C=C/C(=C\C=C\C)c1cc(C(=O)NO)c2cnccc2n1.